The van der Waals surface area contributed by atoms with Gasteiger partial charge >= 0.3 is 12.0 Å². The van der Waals surface area contributed by atoms with E-state index in [2.05, 4.69) is 22.2 Å². The summed E-state index contributed by atoms with van der Waals surface area (Å²) in [5, 5.41) is 12.1. The molecule has 8 heteroatoms. The van der Waals surface area contributed by atoms with Crippen LogP contribution < -0.4 is 5.32 Å². The van der Waals surface area contributed by atoms with Gasteiger partial charge in [-0.25, -0.2) is 4.79 Å². The average Bonchev–Trinajstić information content (AvgIpc) is 2.65. The third-order valence-electron chi connectivity index (χ3n) is 6.75. The molecular weight excluding hydrogens is 358 g/mol. The fourth-order valence-electron chi connectivity index (χ4n) is 4.75. The molecule has 3 fully saturated rings. The highest BCUT2D eigenvalue weighted by Gasteiger charge is 2.36. The Labute approximate surface area is 168 Å². The number of amides is 2. The van der Waals surface area contributed by atoms with Crippen LogP contribution in [0.4, 0.5) is 4.79 Å². The number of rotatable bonds is 7. The minimum absolute atomic E-state index is 0.0409. The number of piperazine rings is 1. The number of nitrogens with one attached hydrogen (secondary N) is 1. The lowest BCUT2D eigenvalue weighted by atomic mass is 9.85. The van der Waals surface area contributed by atoms with E-state index in [4.69, 9.17) is 5.11 Å². The van der Waals surface area contributed by atoms with Crippen LogP contribution in [0.5, 0.6) is 0 Å². The number of carboxylic acid groups (broad SMARTS) is 1. The molecule has 1 aliphatic carbocycles. The van der Waals surface area contributed by atoms with Crippen LogP contribution in [0.25, 0.3) is 0 Å². The first-order valence-corrected chi connectivity index (χ1v) is 10.9. The molecule has 2 heterocycles. The van der Waals surface area contributed by atoms with Crippen molar-refractivity contribution in [1.29, 1.82) is 0 Å². The molecule has 8 nitrogen and oxygen atoms in total. The van der Waals surface area contributed by atoms with Gasteiger partial charge in [-0.05, 0) is 45.8 Å². The molecule has 0 aromatic heterocycles. The molecular formula is C20H37N5O3. The number of carbonyl (C=O) groups excluding carboxylic acids is 1. The molecule has 0 radical (unpaired) electrons. The van der Waals surface area contributed by atoms with Crippen molar-refractivity contribution < 1.29 is 14.7 Å². The normalized spacial score (nSPS) is 29.5. The molecule has 1 saturated carbocycles. The monoisotopic (exact) mass is 395 g/mol. The second-order valence-corrected chi connectivity index (χ2v) is 8.65. The number of likely N-dealkylation sites (tertiary alicyclic amines) is 1. The number of urea groups is 1. The van der Waals surface area contributed by atoms with Gasteiger partial charge in [-0.15, -0.1) is 0 Å². The van der Waals surface area contributed by atoms with E-state index in [9.17, 15) is 9.59 Å². The van der Waals surface area contributed by atoms with Crippen molar-refractivity contribution in [2.24, 2.45) is 0 Å². The van der Waals surface area contributed by atoms with Crippen molar-refractivity contribution in [3.8, 4) is 0 Å². The highest BCUT2D eigenvalue weighted by atomic mass is 16.4. The van der Waals surface area contributed by atoms with E-state index in [-0.39, 0.29) is 24.7 Å². The van der Waals surface area contributed by atoms with Gasteiger partial charge in [-0.3, -0.25) is 14.6 Å². The number of likely N-dealkylation sites (N-methyl/N-ethyl adjacent to an activating group) is 2. The third kappa shape index (κ3) is 5.58. The topological polar surface area (TPSA) is 79.4 Å². The average molecular weight is 396 g/mol. The van der Waals surface area contributed by atoms with Crippen molar-refractivity contribution in [3.63, 3.8) is 0 Å². The Morgan fingerprint density at radius 1 is 1.11 bits per heavy atom. The maximum atomic E-state index is 12.6. The van der Waals surface area contributed by atoms with Crippen LogP contribution in [-0.4, -0.2) is 114 Å². The van der Waals surface area contributed by atoms with Gasteiger partial charge in [0.2, 0.25) is 0 Å². The van der Waals surface area contributed by atoms with Gasteiger partial charge in [0.25, 0.3) is 0 Å². The number of hydrogen-bond acceptors (Lipinski definition) is 5. The van der Waals surface area contributed by atoms with Crippen molar-refractivity contribution >= 4 is 12.0 Å². The largest absolute Gasteiger partial charge is 0.480 e. The van der Waals surface area contributed by atoms with E-state index in [0.717, 1.165) is 52.1 Å². The van der Waals surface area contributed by atoms with E-state index < -0.39 is 5.97 Å². The van der Waals surface area contributed by atoms with Gasteiger partial charge in [0, 0.05) is 50.8 Å². The number of carbonyl (C=O) groups is 2. The van der Waals surface area contributed by atoms with Crippen LogP contribution in [0, 0.1) is 0 Å². The van der Waals surface area contributed by atoms with Crippen LogP contribution in [0.3, 0.4) is 0 Å². The summed E-state index contributed by atoms with van der Waals surface area (Å²) in [4.78, 5) is 32.4. The van der Waals surface area contributed by atoms with Crippen molar-refractivity contribution in [2.45, 2.75) is 57.2 Å². The number of piperidine rings is 1. The first-order valence-electron chi connectivity index (χ1n) is 10.9. The second-order valence-electron chi connectivity index (χ2n) is 8.65. The van der Waals surface area contributed by atoms with Crippen LogP contribution in [0.1, 0.15) is 39.0 Å². The first kappa shape index (κ1) is 21.3. The Balaban J connectivity index is 1.34. The van der Waals surface area contributed by atoms with Crippen LogP contribution in [-0.2, 0) is 4.79 Å². The zero-order valence-corrected chi connectivity index (χ0v) is 17.5. The molecule has 1 atom stereocenters. The van der Waals surface area contributed by atoms with Crippen molar-refractivity contribution in [3.05, 3.63) is 0 Å². The molecule has 3 aliphatic rings. The predicted octanol–water partition coefficient (Wildman–Crippen LogP) is 0.735. The van der Waals surface area contributed by atoms with E-state index in [0.29, 0.717) is 6.04 Å². The summed E-state index contributed by atoms with van der Waals surface area (Å²) in [5.74, 6) is -0.786. The quantitative estimate of drug-likeness (QED) is 0.662. The summed E-state index contributed by atoms with van der Waals surface area (Å²) >= 11 is 0. The van der Waals surface area contributed by atoms with E-state index in [1.165, 1.54) is 25.8 Å². The van der Waals surface area contributed by atoms with E-state index in [1.54, 1.807) is 0 Å². The lowest BCUT2D eigenvalue weighted by Gasteiger charge is -2.44. The smallest absolute Gasteiger partial charge is 0.317 e. The van der Waals surface area contributed by atoms with Gasteiger partial charge in [-0.2, -0.15) is 0 Å². The molecule has 0 aromatic rings. The molecule has 0 bridgehead atoms. The zero-order chi connectivity index (χ0) is 20.1. The number of aliphatic carboxylic acids is 1. The molecule has 0 aromatic carbocycles. The summed E-state index contributed by atoms with van der Waals surface area (Å²) in [5.41, 5.74) is 0. The molecule has 0 spiro atoms. The van der Waals surface area contributed by atoms with Crippen LogP contribution in [0.15, 0.2) is 0 Å². The highest BCUT2D eigenvalue weighted by Crippen LogP contribution is 2.26. The summed E-state index contributed by atoms with van der Waals surface area (Å²) in [6.45, 7) is 8.61. The molecule has 1 unspecified atom stereocenters. The van der Waals surface area contributed by atoms with Crippen LogP contribution in [0.2, 0.25) is 0 Å². The highest BCUT2D eigenvalue weighted by molar-refractivity contribution is 5.74. The molecule has 160 valence electrons. The molecule has 2 N–H and O–H groups in total. The molecule has 3 rings (SSSR count). The second kappa shape index (κ2) is 9.89. The van der Waals surface area contributed by atoms with E-state index >= 15 is 0 Å². The Morgan fingerprint density at radius 2 is 1.82 bits per heavy atom. The number of carboxylic acids is 1. The van der Waals surface area contributed by atoms with Gasteiger partial charge in [-0.1, -0.05) is 13.3 Å². The maximum Gasteiger partial charge on any atom is 0.317 e. The van der Waals surface area contributed by atoms with Crippen molar-refractivity contribution in [2.75, 3.05) is 59.4 Å². The summed E-state index contributed by atoms with van der Waals surface area (Å²) < 4.78 is 0. The van der Waals surface area contributed by atoms with Crippen molar-refractivity contribution in [1.82, 2.24) is 24.9 Å². The summed E-state index contributed by atoms with van der Waals surface area (Å²) in [6, 6.07) is 1.15. The Bertz CT molecular complexity index is 532. The van der Waals surface area contributed by atoms with Gasteiger partial charge < -0.3 is 20.2 Å². The number of nitrogens with zero attached hydrogens (tertiary/aromatic N) is 4. The molecule has 2 amide bonds. The standard InChI is InChI=1S/C20H37N5O3/c1-3-24(15-19(26)27)18-12-16(13-18)21-20(28)25-10-8-23(9-11-25)14-17-6-4-5-7-22(17)2/h16-18H,3-15H2,1-2H3,(H,21,28)(H,26,27). The SMILES string of the molecule is CCN(CC(=O)O)C1CC(NC(=O)N2CCN(CC3CCCCN3C)CC2)C1. The minimum atomic E-state index is -0.786. The van der Waals surface area contributed by atoms with Gasteiger partial charge in [0.05, 0.1) is 6.54 Å². The minimum Gasteiger partial charge on any atom is -0.480 e. The van der Waals surface area contributed by atoms with Crippen LogP contribution >= 0.6 is 0 Å². The fourth-order valence-corrected chi connectivity index (χ4v) is 4.75. The first-order chi connectivity index (χ1) is 13.5. The lowest BCUT2D eigenvalue weighted by molar-refractivity contribution is -0.139. The Morgan fingerprint density at radius 3 is 2.43 bits per heavy atom. The molecule has 2 saturated heterocycles. The Kier molecular flexibility index (Phi) is 7.54. The maximum absolute atomic E-state index is 12.6. The predicted molar refractivity (Wildman–Crippen MR) is 109 cm³/mol. The van der Waals surface area contributed by atoms with Gasteiger partial charge in [0.1, 0.15) is 0 Å². The molecule has 28 heavy (non-hydrogen) atoms. The Hall–Kier alpha value is -1.38. The van der Waals surface area contributed by atoms with E-state index in [1.807, 2.05) is 16.7 Å². The number of hydrogen-bond donors (Lipinski definition) is 2. The fraction of sp³-hybridized carbons (Fsp3) is 0.900. The summed E-state index contributed by atoms with van der Waals surface area (Å²) in [6.07, 6.45) is 5.63. The summed E-state index contributed by atoms with van der Waals surface area (Å²) in [7, 11) is 2.23. The van der Waals surface area contributed by atoms with Gasteiger partial charge in [0.15, 0.2) is 0 Å². The lowest BCUT2D eigenvalue weighted by Crippen LogP contribution is -2.59. The third-order valence-corrected chi connectivity index (χ3v) is 6.75. The zero-order valence-electron chi connectivity index (χ0n) is 17.5. The molecule has 2 aliphatic heterocycles.